The lowest BCUT2D eigenvalue weighted by atomic mass is 9.93. The van der Waals surface area contributed by atoms with Gasteiger partial charge in [0, 0.05) is 67.0 Å². The van der Waals surface area contributed by atoms with Crippen LogP contribution in [-0.2, 0) is 11.3 Å². The van der Waals surface area contributed by atoms with Gasteiger partial charge < -0.3 is 14.8 Å². The molecule has 1 unspecified atom stereocenters. The highest BCUT2D eigenvalue weighted by atomic mass is 19.1. The largest absolute Gasteiger partial charge is 0.355 e. The number of hydrogen-bond acceptors (Lipinski definition) is 4. The molecule has 32 heavy (non-hydrogen) atoms. The van der Waals surface area contributed by atoms with Crippen molar-refractivity contribution in [2.45, 2.75) is 38.6 Å². The van der Waals surface area contributed by atoms with Crippen LogP contribution in [0.1, 0.15) is 36.6 Å². The van der Waals surface area contributed by atoms with Gasteiger partial charge in [-0.2, -0.15) is 0 Å². The molecule has 3 heterocycles. The lowest BCUT2D eigenvalue weighted by Gasteiger charge is -2.33. The summed E-state index contributed by atoms with van der Waals surface area (Å²) in [6.07, 6.45) is 3.87. The molecule has 0 radical (unpaired) electrons. The van der Waals surface area contributed by atoms with Crippen LogP contribution in [0, 0.1) is 12.7 Å². The molecule has 1 aliphatic rings. The number of nitrogens with zero attached hydrogens (tertiary/aromatic N) is 3. The van der Waals surface area contributed by atoms with Gasteiger partial charge in [-0.3, -0.25) is 14.6 Å². The fraction of sp³-hybridized carbons (Fsp3) is 0.320. The number of aromatic nitrogens is 2. The molecule has 0 bridgehead atoms. The molecule has 6 nitrogen and oxygen atoms in total. The predicted molar refractivity (Wildman–Crippen MR) is 123 cm³/mol. The van der Waals surface area contributed by atoms with Gasteiger partial charge in [-0.1, -0.05) is 12.1 Å². The number of likely N-dealkylation sites (tertiary alicyclic amines) is 1. The summed E-state index contributed by atoms with van der Waals surface area (Å²) < 4.78 is 15.1. The number of carbonyl (C=O) groups excluding carboxylic acids is 1. The van der Waals surface area contributed by atoms with Gasteiger partial charge in [-0.15, -0.1) is 0 Å². The Labute approximate surface area is 186 Å². The van der Waals surface area contributed by atoms with Crippen molar-refractivity contribution in [3.8, 4) is 0 Å². The van der Waals surface area contributed by atoms with E-state index in [0.29, 0.717) is 25.2 Å². The van der Waals surface area contributed by atoms with Gasteiger partial charge in [-0.25, -0.2) is 4.39 Å². The van der Waals surface area contributed by atoms with Crippen LogP contribution in [0.5, 0.6) is 0 Å². The minimum Gasteiger partial charge on any atom is -0.355 e. The maximum Gasteiger partial charge on any atom is 0.250 e. The van der Waals surface area contributed by atoms with Crippen molar-refractivity contribution in [2.75, 3.05) is 18.4 Å². The summed E-state index contributed by atoms with van der Waals surface area (Å²) in [6.45, 7) is 3.64. The Bertz CT molecular complexity index is 1160. The van der Waals surface area contributed by atoms with E-state index in [0.717, 1.165) is 36.5 Å². The van der Waals surface area contributed by atoms with Gasteiger partial charge in [0.15, 0.2) is 0 Å². The number of piperidine rings is 1. The van der Waals surface area contributed by atoms with Crippen LogP contribution in [0.3, 0.4) is 0 Å². The molecule has 1 aromatic carbocycles. The first kappa shape index (κ1) is 21.7. The van der Waals surface area contributed by atoms with Crippen molar-refractivity contribution in [3.63, 3.8) is 0 Å². The summed E-state index contributed by atoms with van der Waals surface area (Å²) in [5, 5.41) is 3.25. The number of hydrogen-bond donors (Lipinski definition) is 1. The topological polar surface area (TPSA) is 67.2 Å². The van der Waals surface area contributed by atoms with Crippen LogP contribution < -0.4 is 10.9 Å². The standard InChI is InChI=1S/C25H27FN4O2/c1-18-14-22(28-21-8-4-7-20(26)15-21)16-23(27-18)19-6-5-12-30(17-19)25(32)10-13-29-11-3-2-9-24(29)31/h2-4,7-9,11,14-16,19H,5-6,10,12-13,17H2,1H3,(H,27,28). The second kappa shape index (κ2) is 9.77. The van der Waals surface area contributed by atoms with Crippen LogP contribution in [0.2, 0.25) is 0 Å². The molecule has 1 saturated heterocycles. The number of carbonyl (C=O) groups is 1. The van der Waals surface area contributed by atoms with Gasteiger partial charge in [0.2, 0.25) is 5.91 Å². The Morgan fingerprint density at radius 3 is 2.84 bits per heavy atom. The van der Waals surface area contributed by atoms with E-state index in [9.17, 15) is 14.0 Å². The third-order valence-electron chi connectivity index (χ3n) is 5.74. The van der Waals surface area contributed by atoms with Crippen LogP contribution in [0.25, 0.3) is 0 Å². The fourth-order valence-electron chi connectivity index (χ4n) is 4.17. The lowest BCUT2D eigenvalue weighted by Crippen LogP contribution is -2.40. The van der Waals surface area contributed by atoms with Crippen LogP contribution in [0.15, 0.2) is 65.6 Å². The van der Waals surface area contributed by atoms with E-state index in [4.69, 9.17) is 4.98 Å². The quantitative estimate of drug-likeness (QED) is 0.631. The van der Waals surface area contributed by atoms with Crippen molar-refractivity contribution in [1.29, 1.82) is 0 Å². The average molecular weight is 435 g/mol. The third-order valence-corrected chi connectivity index (χ3v) is 5.74. The maximum absolute atomic E-state index is 13.5. The first-order valence-corrected chi connectivity index (χ1v) is 10.9. The van der Waals surface area contributed by atoms with E-state index in [-0.39, 0.29) is 23.2 Å². The molecule has 2 aromatic heterocycles. The first-order chi connectivity index (χ1) is 15.5. The summed E-state index contributed by atoms with van der Waals surface area (Å²) in [5.74, 6) is -0.100. The molecular weight excluding hydrogens is 407 g/mol. The number of rotatable bonds is 6. The molecule has 7 heteroatoms. The van der Waals surface area contributed by atoms with E-state index >= 15 is 0 Å². The molecule has 0 aliphatic carbocycles. The third kappa shape index (κ3) is 5.41. The summed E-state index contributed by atoms with van der Waals surface area (Å²) >= 11 is 0. The molecular formula is C25H27FN4O2. The smallest absolute Gasteiger partial charge is 0.250 e. The Morgan fingerprint density at radius 2 is 2.03 bits per heavy atom. The molecule has 166 valence electrons. The van der Waals surface area contributed by atoms with Crippen LogP contribution in [-0.4, -0.2) is 33.4 Å². The summed E-state index contributed by atoms with van der Waals surface area (Å²) in [5.41, 5.74) is 3.23. The van der Waals surface area contributed by atoms with Crippen molar-refractivity contribution >= 4 is 17.3 Å². The van der Waals surface area contributed by atoms with E-state index in [2.05, 4.69) is 5.32 Å². The molecule has 1 fully saturated rings. The van der Waals surface area contributed by atoms with Crippen molar-refractivity contribution < 1.29 is 9.18 Å². The van der Waals surface area contributed by atoms with Gasteiger partial charge in [0.1, 0.15) is 5.82 Å². The monoisotopic (exact) mass is 434 g/mol. The fourth-order valence-corrected chi connectivity index (χ4v) is 4.17. The normalized spacial score (nSPS) is 16.1. The number of aryl methyl sites for hydroxylation is 2. The highest BCUT2D eigenvalue weighted by Crippen LogP contribution is 2.29. The average Bonchev–Trinajstić information content (AvgIpc) is 2.78. The summed E-state index contributed by atoms with van der Waals surface area (Å²) in [4.78, 5) is 31.3. The molecule has 1 amide bonds. The second-order valence-electron chi connectivity index (χ2n) is 8.22. The Hall–Kier alpha value is -3.48. The van der Waals surface area contributed by atoms with Crippen molar-refractivity contribution in [1.82, 2.24) is 14.5 Å². The SMILES string of the molecule is Cc1cc(Nc2cccc(F)c2)cc(C2CCCN(C(=O)CCn3ccccc3=O)C2)n1. The molecule has 0 spiro atoms. The van der Waals surface area contributed by atoms with Crippen LogP contribution >= 0.6 is 0 Å². The van der Waals surface area contributed by atoms with E-state index in [1.54, 1.807) is 29.0 Å². The minimum absolute atomic E-state index is 0.0521. The Kier molecular flexibility index (Phi) is 6.63. The molecule has 0 saturated carbocycles. The number of anilines is 2. The zero-order chi connectivity index (χ0) is 22.5. The molecule has 4 rings (SSSR count). The lowest BCUT2D eigenvalue weighted by molar-refractivity contribution is -0.132. The maximum atomic E-state index is 13.5. The predicted octanol–water partition coefficient (Wildman–Crippen LogP) is 4.23. The number of pyridine rings is 2. The van der Waals surface area contributed by atoms with Gasteiger partial charge in [0.25, 0.3) is 5.56 Å². The van der Waals surface area contributed by atoms with E-state index < -0.39 is 0 Å². The highest BCUT2D eigenvalue weighted by Gasteiger charge is 2.26. The Morgan fingerprint density at radius 1 is 1.16 bits per heavy atom. The highest BCUT2D eigenvalue weighted by molar-refractivity contribution is 5.76. The summed E-state index contributed by atoms with van der Waals surface area (Å²) in [6, 6.07) is 15.3. The zero-order valence-electron chi connectivity index (χ0n) is 18.1. The molecule has 1 atom stereocenters. The van der Waals surface area contributed by atoms with Gasteiger partial charge >= 0.3 is 0 Å². The van der Waals surface area contributed by atoms with Crippen molar-refractivity contribution in [3.05, 3.63) is 88.4 Å². The molecule has 1 aliphatic heterocycles. The zero-order valence-corrected chi connectivity index (χ0v) is 18.1. The van der Waals surface area contributed by atoms with Crippen LogP contribution in [0.4, 0.5) is 15.8 Å². The molecule has 3 aromatic rings. The molecule has 1 N–H and O–H groups in total. The minimum atomic E-state index is -0.291. The number of amides is 1. The Balaban J connectivity index is 1.43. The number of nitrogens with one attached hydrogen (secondary N) is 1. The van der Waals surface area contributed by atoms with E-state index in [1.165, 1.54) is 18.2 Å². The van der Waals surface area contributed by atoms with E-state index in [1.807, 2.05) is 30.0 Å². The van der Waals surface area contributed by atoms with Gasteiger partial charge in [-0.05, 0) is 56.2 Å². The second-order valence-corrected chi connectivity index (χ2v) is 8.22. The number of benzene rings is 1. The summed E-state index contributed by atoms with van der Waals surface area (Å²) in [7, 11) is 0. The van der Waals surface area contributed by atoms with Gasteiger partial charge in [0.05, 0.1) is 0 Å². The number of halogens is 1. The first-order valence-electron chi connectivity index (χ1n) is 10.9. The van der Waals surface area contributed by atoms with Crippen molar-refractivity contribution in [2.24, 2.45) is 0 Å².